The average Bonchev–Trinajstić information content (AvgIpc) is 2.43. The van der Waals surface area contributed by atoms with Crippen LogP contribution < -0.4 is 10.6 Å². The van der Waals surface area contributed by atoms with Crippen LogP contribution in [0.4, 0.5) is 5.69 Å². The summed E-state index contributed by atoms with van der Waals surface area (Å²) in [6, 6.07) is 3.74. The normalized spacial score (nSPS) is 10.4. The molecule has 6 heteroatoms. The topological polar surface area (TPSA) is 84.5 Å². The average molecular weight is 266 g/mol. The van der Waals surface area contributed by atoms with Crippen LogP contribution in [0.3, 0.4) is 0 Å². The molecule has 0 aliphatic rings. The quantitative estimate of drug-likeness (QED) is 0.393. The molecule has 0 saturated heterocycles. The third-order valence-corrected chi connectivity index (χ3v) is 2.73. The summed E-state index contributed by atoms with van der Waals surface area (Å²) in [6.45, 7) is 3.00. The number of nitrogen functional groups attached to an aromatic ring is 1. The highest BCUT2D eigenvalue weighted by atomic mass is 16.5. The Morgan fingerprint density at radius 3 is 2.68 bits per heavy atom. The lowest BCUT2D eigenvalue weighted by Gasteiger charge is -2.24. The van der Waals surface area contributed by atoms with Gasteiger partial charge in [-0.25, -0.2) is 0 Å². The van der Waals surface area contributed by atoms with Crippen molar-refractivity contribution in [3.8, 4) is 0 Å². The molecule has 106 valence electrons. The van der Waals surface area contributed by atoms with E-state index in [4.69, 9.17) is 20.6 Å². The Morgan fingerprint density at radius 1 is 1.32 bits per heavy atom. The molecule has 0 aromatic carbocycles. The molecule has 1 aromatic heterocycles. The van der Waals surface area contributed by atoms with E-state index in [9.17, 15) is 0 Å². The lowest BCUT2D eigenvalue weighted by molar-refractivity contribution is 0.191. The van der Waals surface area contributed by atoms with E-state index in [1.807, 2.05) is 12.1 Å². The van der Waals surface area contributed by atoms with Crippen molar-refractivity contribution < 1.29 is 9.47 Å². The van der Waals surface area contributed by atoms with Crippen LogP contribution in [-0.2, 0) is 9.47 Å². The van der Waals surface area contributed by atoms with E-state index in [0.717, 1.165) is 25.2 Å². The molecule has 1 aromatic rings. The highest BCUT2D eigenvalue weighted by Crippen LogP contribution is 2.14. The van der Waals surface area contributed by atoms with Crippen molar-refractivity contribution in [3.05, 3.63) is 24.0 Å². The summed E-state index contributed by atoms with van der Waals surface area (Å²) in [5, 5.41) is 7.43. The van der Waals surface area contributed by atoms with Gasteiger partial charge in [0.25, 0.3) is 0 Å². The molecule has 1 heterocycles. The molecule has 0 atom stereocenters. The maximum Gasteiger partial charge on any atom is 0.141 e. The van der Waals surface area contributed by atoms with E-state index in [1.54, 1.807) is 20.4 Å². The monoisotopic (exact) mass is 266 g/mol. The van der Waals surface area contributed by atoms with Crippen LogP contribution in [0, 0.1) is 5.41 Å². The first-order valence-corrected chi connectivity index (χ1v) is 6.22. The van der Waals surface area contributed by atoms with Crippen molar-refractivity contribution in [1.82, 2.24) is 4.98 Å². The second-order valence-corrected chi connectivity index (χ2v) is 4.14. The maximum absolute atomic E-state index is 7.43. The first-order chi connectivity index (χ1) is 9.19. The predicted molar refractivity (Wildman–Crippen MR) is 75.8 cm³/mol. The largest absolute Gasteiger partial charge is 0.385 e. The van der Waals surface area contributed by atoms with Crippen molar-refractivity contribution in [3.63, 3.8) is 0 Å². The number of nitrogens with two attached hydrogens (primary N) is 1. The SMILES string of the molecule is COCCCN(CCOC)c1ccnc(C(=N)N)c1. The van der Waals surface area contributed by atoms with Gasteiger partial charge in [0.05, 0.1) is 6.61 Å². The van der Waals surface area contributed by atoms with Crippen molar-refractivity contribution in [2.24, 2.45) is 5.73 Å². The van der Waals surface area contributed by atoms with Gasteiger partial charge in [-0.3, -0.25) is 10.4 Å². The number of anilines is 1. The van der Waals surface area contributed by atoms with Crippen LogP contribution in [0.15, 0.2) is 18.3 Å². The van der Waals surface area contributed by atoms with Gasteiger partial charge in [0.15, 0.2) is 0 Å². The van der Waals surface area contributed by atoms with Gasteiger partial charge in [0.1, 0.15) is 11.5 Å². The molecule has 1 rings (SSSR count). The van der Waals surface area contributed by atoms with Crippen LogP contribution in [-0.4, -0.2) is 51.3 Å². The molecule has 0 radical (unpaired) electrons. The highest BCUT2D eigenvalue weighted by molar-refractivity contribution is 5.93. The zero-order chi connectivity index (χ0) is 14.1. The fourth-order valence-electron chi connectivity index (χ4n) is 1.73. The lowest BCUT2D eigenvalue weighted by Crippen LogP contribution is -2.29. The molecule has 6 nitrogen and oxygen atoms in total. The minimum atomic E-state index is -0.0227. The van der Waals surface area contributed by atoms with Crippen molar-refractivity contribution in [2.75, 3.05) is 45.4 Å². The summed E-state index contributed by atoms with van der Waals surface area (Å²) in [4.78, 5) is 6.24. The highest BCUT2D eigenvalue weighted by Gasteiger charge is 2.08. The van der Waals surface area contributed by atoms with E-state index in [-0.39, 0.29) is 5.84 Å². The summed E-state index contributed by atoms with van der Waals surface area (Å²) in [6.07, 6.45) is 2.60. The number of hydrogen-bond donors (Lipinski definition) is 2. The first kappa shape index (κ1) is 15.4. The van der Waals surface area contributed by atoms with Gasteiger partial charge in [0, 0.05) is 45.8 Å². The van der Waals surface area contributed by atoms with E-state index in [1.165, 1.54) is 0 Å². The van der Waals surface area contributed by atoms with Crippen molar-refractivity contribution in [1.29, 1.82) is 5.41 Å². The molecule has 0 bridgehead atoms. The Balaban J connectivity index is 2.76. The number of nitrogens with one attached hydrogen (secondary N) is 1. The molecular formula is C13H22N4O2. The summed E-state index contributed by atoms with van der Waals surface area (Å²) in [5.41, 5.74) is 6.95. The molecule has 0 amide bonds. The van der Waals surface area contributed by atoms with Crippen LogP contribution in [0.2, 0.25) is 0 Å². The zero-order valence-electron chi connectivity index (χ0n) is 11.6. The Kier molecular flexibility index (Phi) is 6.84. The molecule has 0 aliphatic heterocycles. The van der Waals surface area contributed by atoms with Gasteiger partial charge in [-0.2, -0.15) is 0 Å². The van der Waals surface area contributed by atoms with E-state index in [0.29, 0.717) is 18.9 Å². The molecule has 0 unspecified atom stereocenters. The number of nitrogens with zero attached hydrogens (tertiary/aromatic N) is 2. The van der Waals surface area contributed by atoms with Crippen molar-refractivity contribution >= 4 is 11.5 Å². The number of methoxy groups -OCH3 is 2. The van der Waals surface area contributed by atoms with Gasteiger partial charge in [-0.15, -0.1) is 0 Å². The van der Waals surface area contributed by atoms with Gasteiger partial charge in [-0.1, -0.05) is 0 Å². The predicted octanol–water partition coefficient (Wildman–Crippen LogP) is 0.855. The van der Waals surface area contributed by atoms with Crippen LogP contribution >= 0.6 is 0 Å². The Morgan fingerprint density at radius 2 is 2.05 bits per heavy atom. The third kappa shape index (κ3) is 5.23. The number of ether oxygens (including phenoxy) is 2. The number of aromatic nitrogens is 1. The van der Waals surface area contributed by atoms with Crippen LogP contribution in [0.1, 0.15) is 12.1 Å². The number of hydrogen-bond acceptors (Lipinski definition) is 5. The number of amidine groups is 1. The Labute approximate surface area is 114 Å². The number of rotatable bonds is 9. The summed E-state index contributed by atoms with van der Waals surface area (Å²) < 4.78 is 10.2. The second-order valence-electron chi connectivity index (χ2n) is 4.14. The zero-order valence-corrected chi connectivity index (χ0v) is 11.6. The lowest BCUT2D eigenvalue weighted by atomic mass is 10.2. The second kappa shape index (κ2) is 8.44. The third-order valence-electron chi connectivity index (χ3n) is 2.73. The maximum atomic E-state index is 7.43. The summed E-state index contributed by atoms with van der Waals surface area (Å²) >= 11 is 0. The smallest absolute Gasteiger partial charge is 0.141 e. The molecular weight excluding hydrogens is 244 g/mol. The molecule has 0 aliphatic carbocycles. The fraction of sp³-hybridized carbons (Fsp3) is 0.538. The minimum absolute atomic E-state index is 0.0227. The number of pyridine rings is 1. The minimum Gasteiger partial charge on any atom is -0.385 e. The van der Waals surface area contributed by atoms with Gasteiger partial charge < -0.3 is 20.1 Å². The first-order valence-electron chi connectivity index (χ1n) is 6.22. The van der Waals surface area contributed by atoms with Gasteiger partial charge in [0.2, 0.25) is 0 Å². The van der Waals surface area contributed by atoms with Crippen LogP contribution in [0.5, 0.6) is 0 Å². The molecule has 0 fully saturated rings. The molecule has 19 heavy (non-hydrogen) atoms. The van der Waals surface area contributed by atoms with E-state index >= 15 is 0 Å². The van der Waals surface area contributed by atoms with E-state index in [2.05, 4.69) is 9.88 Å². The summed E-state index contributed by atoms with van der Waals surface area (Å²) in [5.74, 6) is -0.0227. The van der Waals surface area contributed by atoms with Crippen molar-refractivity contribution in [2.45, 2.75) is 6.42 Å². The molecule has 0 spiro atoms. The van der Waals surface area contributed by atoms with E-state index < -0.39 is 0 Å². The molecule has 0 saturated carbocycles. The van der Waals surface area contributed by atoms with Gasteiger partial charge in [-0.05, 0) is 18.6 Å². The standard InChI is InChI=1S/C13H22N4O2/c1-18-8-3-6-17(7-9-19-2)11-4-5-16-12(10-11)13(14)15/h4-5,10H,3,6-9H2,1-2H3,(H3,14,15). The summed E-state index contributed by atoms with van der Waals surface area (Å²) in [7, 11) is 3.38. The van der Waals surface area contributed by atoms with Gasteiger partial charge >= 0.3 is 0 Å². The fourth-order valence-corrected chi connectivity index (χ4v) is 1.73. The Bertz CT molecular complexity index is 398. The van der Waals surface area contributed by atoms with Crippen LogP contribution in [0.25, 0.3) is 0 Å². The molecule has 3 N–H and O–H groups in total. The Hall–Kier alpha value is -1.66.